The van der Waals surface area contributed by atoms with Gasteiger partial charge in [-0.2, -0.15) is 0 Å². The molecule has 0 aliphatic rings. The molecule has 72 valence electrons. The molecule has 0 rings (SSSR count). The Morgan fingerprint density at radius 3 is 0.909 bits per heavy atom. The summed E-state index contributed by atoms with van der Waals surface area (Å²) in [5.41, 5.74) is 0. The standard InChI is InChI=1S/C2H4Cl2.CHCl3.CH2Cl2/c1-2(3)4;2-1(3)4;2-1-3/h2H,1H3;1H;1H2. The van der Waals surface area contributed by atoms with Crippen LogP contribution in [0.3, 0.4) is 0 Å². The molecule has 0 heterocycles. The zero-order valence-corrected chi connectivity index (χ0v) is 10.8. The van der Waals surface area contributed by atoms with Gasteiger partial charge in [0.25, 0.3) is 0 Å². The van der Waals surface area contributed by atoms with Crippen molar-refractivity contribution in [3.63, 3.8) is 0 Å². The van der Waals surface area contributed by atoms with Crippen molar-refractivity contribution in [2.24, 2.45) is 0 Å². The molecule has 0 nitrogen and oxygen atoms in total. The summed E-state index contributed by atoms with van der Waals surface area (Å²) in [5.74, 6) is 0. The zero-order valence-electron chi connectivity index (χ0n) is 5.51. The second-order valence-electron chi connectivity index (χ2n) is 0.867. The maximum atomic E-state index is 5.04. The largest absolute Gasteiger partial charge is 0.180 e. The Hall–Kier alpha value is 2.03. The molecule has 0 aromatic heterocycles. The minimum atomic E-state index is -0.750. The van der Waals surface area contributed by atoms with E-state index in [1.165, 1.54) is 0 Å². The van der Waals surface area contributed by atoms with Crippen LogP contribution in [0.1, 0.15) is 6.92 Å². The third kappa shape index (κ3) is 294. The summed E-state index contributed by atoms with van der Waals surface area (Å²) in [5, 5.41) is 0.194. The Balaban J connectivity index is -0.0000000886. The van der Waals surface area contributed by atoms with Crippen LogP contribution in [0.2, 0.25) is 0 Å². The average Bonchev–Trinajstić information content (AvgIpc) is 1.60. The Morgan fingerprint density at radius 2 is 0.909 bits per heavy atom. The van der Waals surface area contributed by atoms with E-state index >= 15 is 0 Å². The third-order valence-electron chi connectivity index (χ3n) is 0. The molecule has 0 radical (unpaired) electrons. The molecule has 0 aromatic carbocycles. The van der Waals surface area contributed by atoms with Gasteiger partial charge in [0.15, 0.2) is 4.30 Å². The highest BCUT2D eigenvalue weighted by atomic mass is 35.6. The lowest BCUT2D eigenvalue weighted by molar-refractivity contribution is 1.39. The topological polar surface area (TPSA) is 0 Å². The number of rotatable bonds is 0. The number of hydrogen-bond donors (Lipinski definition) is 0. The van der Waals surface area contributed by atoms with Crippen LogP contribution >= 0.6 is 81.2 Å². The van der Waals surface area contributed by atoms with Crippen molar-refractivity contribution in [2.45, 2.75) is 16.1 Å². The summed E-state index contributed by atoms with van der Waals surface area (Å²) < 4.78 is -0.750. The zero-order chi connectivity index (χ0) is 9.86. The first kappa shape index (κ1) is 18.7. The summed E-state index contributed by atoms with van der Waals surface area (Å²) in [6, 6.07) is 0. The molecule has 0 unspecified atom stereocenters. The van der Waals surface area contributed by atoms with E-state index in [-0.39, 0.29) is 10.2 Å². The normalized spacial score (nSPS) is 8.18. The predicted molar refractivity (Wildman–Crippen MR) is 59.1 cm³/mol. The van der Waals surface area contributed by atoms with Gasteiger partial charge in [0.1, 0.15) is 4.84 Å². The molecule has 11 heavy (non-hydrogen) atoms. The first-order valence-electron chi connectivity index (χ1n) is 2.20. The summed E-state index contributed by atoms with van der Waals surface area (Å²) >= 11 is 34.0. The molecule has 0 bridgehead atoms. The van der Waals surface area contributed by atoms with Gasteiger partial charge >= 0.3 is 0 Å². The summed E-state index contributed by atoms with van der Waals surface area (Å²) in [6.07, 6.45) is 0. The van der Waals surface area contributed by atoms with Crippen molar-refractivity contribution in [1.82, 2.24) is 0 Å². The van der Waals surface area contributed by atoms with Crippen LogP contribution in [0.25, 0.3) is 0 Å². The fraction of sp³-hybridized carbons (Fsp3) is 1.00. The van der Waals surface area contributed by atoms with Gasteiger partial charge in [0, 0.05) is 0 Å². The van der Waals surface area contributed by atoms with Crippen molar-refractivity contribution in [2.75, 3.05) is 5.34 Å². The van der Waals surface area contributed by atoms with Gasteiger partial charge in [0.05, 0.1) is 5.34 Å². The van der Waals surface area contributed by atoms with E-state index in [4.69, 9.17) is 81.2 Å². The van der Waals surface area contributed by atoms with E-state index in [2.05, 4.69) is 0 Å². The lowest BCUT2D eigenvalue weighted by Gasteiger charge is -1.72. The third-order valence-corrected chi connectivity index (χ3v) is 0. The van der Waals surface area contributed by atoms with Crippen LogP contribution in [-0.2, 0) is 0 Å². The smallest absolute Gasteiger partial charge is 0.109 e. The van der Waals surface area contributed by atoms with Crippen molar-refractivity contribution >= 4 is 81.2 Å². The number of hydrogen-bond acceptors (Lipinski definition) is 0. The molecule has 0 spiro atoms. The van der Waals surface area contributed by atoms with Crippen molar-refractivity contribution in [3.8, 4) is 0 Å². The maximum Gasteiger partial charge on any atom is 0.180 e. The van der Waals surface area contributed by atoms with Gasteiger partial charge in [-0.3, -0.25) is 0 Å². The second kappa shape index (κ2) is 17.9. The van der Waals surface area contributed by atoms with E-state index in [0.29, 0.717) is 0 Å². The van der Waals surface area contributed by atoms with E-state index in [0.717, 1.165) is 0 Å². The highest BCUT2D eigenvalue weighted by Crippen LogP contribution is 2.03. The van der Waals surface area contributed by atoms with Gasteiger partial charge in [0.2, 0.25) is 0 Å². The fourth-order valence-electron chi connectivity index (χ4n) is 0. The molecule has 0 N–H and O–H groups in total. The molecule has 0 aliphatic heterocycles. The molecule has 0 saturated heterocycles. The number of halogens is 7. The van der Waals surface area contributed by atoms with Crippen molar-refractivity contribution in [1.29, 1.82) is 0 Å². The van der Waals surface area contributed by atoms with E-state index in [9.17, 15) is 0 Å². The average molecular weight is 303 g/mol. The van der Waals surface area contributed by atoms with Crippen LogP contribution in [0.15, 0.2) is 0 Å². The van der Waals surface area contributed by atoms with E-state index in [1.54, 1.807) is 6.92 Å². The van der Waals surface area contributed by atoms with Crippen LogP contribution in [0, 0.1) is 0 Å². The molecule has 0 aromatic rings. The van der Waals surface area contributed by atoms with Gasteiger partial charge < -0.3 is 0 Å². The second-order valence-corrected chi connectivity index (χ2v) is 5.19. The molecule has 0 aliphatic carbocycles. The summed E-state index contributed by atoms with van der Waals surface area (Å²) in [4.78, 5) is -0.222. The van der Waals surface area contributed by atoms with Gasteiger partial charge in [-0.25, -0.2) is 0 Å². The van der Waals surface area contributed by atoms with E-state index < -0.39 is 4.30 Å². The molecule has 7 heteroatoms. The maximum absolute atomic E-state index is 5.04. The molecule has 0 atom stereocenters. The van der Waals surface area contributed by atoms with Crippen molar-refractivity contribution < 1.29 is 0 Å². The Kier molecular flexibility index (Phi) is 30.6. The van der Waals surface area contributed by atoms with Crippen molar-refractivity contribution in [3.05, 3.63) is 0 Å². The predicted octanol–water partition coefficient (Wildman–Crippen LogP) is 5.22. The van der Waals surface area contributed by atoms with Gasteiger partial charge in [-0.15, -0.1) is 46.4 Å². The summed E-state index contributed by atoms with van der Waals surface area (Å²) in [6.45, 7) is 1.70. The lowest BCUT2D eigenvalue weighted by atomic mass is 11.0. The molecule has 0 saturated carbocycles. The van der Waals surface area contributed by atoms with Gasteiger partial charge in [-0.05, 0) is 6.92 Å². The van der Waals surface area contributed by atoms with Gasteiger partial charge in [-0.1, -0.05) is 34.8 Å². The highest BCUT2D eigenvalue weighted by molar-refractivity contribution is 6.63. The van der Waals surface area contributed by atoms with Crippen LogP contribution in [0.4, 0.5) is 0 Å². The highest BCUT2D eigenvalue weighted by Gasteiger charge is 1.78. The quantitative estimate of drug-likeness (QED) is 0.538. The first-order chi connectivity index (χ1) is 4.88. The van der Waals surface area contributed by atoms with E-state index in [1.807, 2.05) is 0 Å². The Labute approximate surface area is 102 Å². The van der Waals surface area contributed by atoms with Crippen LogP contribution < -0.4 is 0 Å². The van der Waals surface area contributed by atoms with Crippen LogP contribution in [0.5, 0.6) is 0 Å². The Bertz CT molecular complexity index is 34.2. The minimum absolute atomic E-state index is 0.194. The first-order valence-corrected chi connectivity index (χ1v) is 5.45. The monoisotopic (exact) mass is 300 g/mol. The lowest BCUT2D eigenvalue weighted by Crippen LogP contribution is -1.63. The minimum Gasteiger partial charge on any atom is -0.109 e. The molecule has 0 fully saturated rings. The Morgan fingerprint density at radius 1 is 0.909 bits per heavy atom. The number of alkyl halides is 7. The SMILES string of the molecule is CC(Cl)Cl.ClC(Cl)Cl.ClCCl. The summed E-state index contributed by atoms with van der Waals surface area (Å²) in [7, 11) is 0. The fourth-order valence-corrected chi connectivity index (χ4v) is 0. The van der Waals surface area contributed by atoms with Crippen LogP contribution in [-0.4, -0.2) is 14.5 Å². The molecule has 0 amide bonds. The molecular formula is C4H7Cl7. The molecular weight excluding hydrogens is 296 g/mol.